The summed E-state index contributed by atoms with van der Waals surface area (Å²) in [4.78, 5) is 13.3. The van der Waals surface area contributed by atoms with Crippen LogP contribution in [0.3, 0.4) is 0 Å². The van der Waals surface area contributed by atoms with Crippen LogP contribution in [0.2, 0.25) is 0 Å². The molecule has 0 atom stereocenters. The van der Waals surface area contributed by atoms with Gasteiger partial charge in [-0.25, -0.2) is 0 Å². The molecule has 1 aliphatic rings. The first-order valence-corrected chi connectivity index (χ1v) is 8.17. The van der Waals surface area contributed by atoms with Crippen molar-refractivity contribution in [2.24, 2.45) is 0 Å². The van der Waals surface area contributed by atoms with Crippen molar-refractivity contribution in [1.82, 2.24) is 10.2 Å². The van der Waals surface area contributed by atoms with Crippen LogP contribution < -0.4 is 5.32 Å². The van der Waals surface area contributed by atoms with E-state index in [2.05, 4.69) is 30.2 Å². The van der Waals surface area contributed by atoms with Crippen LogP contribution in [-0.4, -0.2) is 56.7 Å². The van der Waals surface area contributed by atoms with Gasteiger partial charge in [0.2, 0.25) is 0 Å². The Hall–Kier alpha value is -0.140. The molecule has 1 amide bonds. The molecule has 1 heterocycles. The van der Waals surface area contributed by atoms with Crippen molar-refractivity contribution < 1.29 is 4.79 Å². The fourth-order valence-corrected chi connectivity index (χ4v) is 3.11. The topological polar surface area (TPSA) is 32.3 Å². The Kier molecular flexibility index (Phi) is 3.08. The van der Waals surface area contributed by atoms with E-state index in [1.807, 2.05) is 0 Å². The molecular weight excluding hydrogens is 171 g/mol. The van der Waals surface area contributed by atoms with E-state index in [9.17, 15) is 4.79 Å². The van der Waals surface area contributed by atoms with Gasteiger partial charge in [0.25, 0.3) is 0 Å². The van der Waals surface area contributed by atoms with Gasteiger partial charge in [-0.3, -0.25) is 0 Å². The molecule has 1 N–H and O–H groups in total. The quantitative estimate of drug-likeness (QED) is 0.622. The summed E-state index contributed by atoms with van der Waals surface area (Å²) in [6, 6.07) is 0. The average molecular weight is 190 g/mol. The summed E-state index contributed by atoms with van der Waals surface area (Å²) >= 11 is 0. The van der Waals surface area contributed by atoms with E-state index in [1.165, 1.54) is 0 Å². The Labute approximate surface area is 74.8 Å². The predicted molar refractivity (Wildman–Crippen MR) is 55.5 cm³/mol. The van der Waals surface area contributed by atoms with Gasteiger partial charge in [0.1, 0.15) is 0 Å². The third kappa shape index (κ3) is 3.51. The molecular formula is C8H19N2OP. The van der Waals surface area contributed by atoms with Crippen molar-refractivity contribution in [3.63, 3.8) is 0 Å². The number of piperazine rings is 1. The molecule has 0 aromatic heterocycles. The Morgan fingerprint density at radius 3 is 2.67 bits per heavy atom. The molecule has 0 aliphatic carbocycles. The molecule has 12 heavy (non-hydrogen) atoms. The summed E-state index contributed by atoms with van der Waals surface area (Å²) in [7, 11) is -1.03. The Bertz CT molecular complexity index is 176. The van der Waals surface area contributed by atoms with Crippen LogP contribution in [0.15, 0.2) is 0 Å². The minimum absolute atomic E-state index is 0.180. The van der Waals surface area contributed by atoms with Crippen molar-refractivity contribution >= 4 is 13.2 Å². The zero-order valence-electron chi connectivity index (χ0n) is 8.18. The van der Waals surface area contributed by atoms with E-state index in [0.717, 1.165) is 19.4 Å². The molecule has 1 aliphatic heterocycles. The van der Waals surface area contributed by atoms with E-state index in [1.54, 1.807) is 0 Å². The third-order valence-corrected chi connectivity index (χ3v) is 3.21. The van der Waals surface area contributed by atoms with Gasteiger partial charge >= 0.3 is 74.1 Å². The SMILES string of the molecule is C[PH](C)(C)CN1CCNC(=O)C1. The minimum atomic E-state index is -1.03. The van der Waals surface area contributed by atoms with Gasteiger partial charge in [-0.05, 0) is 0 Å². The van der Waals surface area contributed by atoms with Crippen molar-refractivity contribution in [1.29, 1.82) is 0 Å². The molecule has 0 radical (unpaired) electrons. The summed E-state index contributed by atoms with van der Waals surface area (Å²) in [5.74, 6) is 0.180. The first kappa shape index (κ1) is 9.94. The third-order valence-electron chi connectivity index (χ3n) is 1.82. The fraction of sp³-hybridized carbons (Fsp3) is 0.875. The molecule has 0 aromatic rings. The number of rotatable bonds is 2. The molecule has 0 aromatic carbocycles. The second-order valence-electron chi connectivity index (χ2n) is 4.62. The van der Waals surface area contributed by atoms with Gasteiger partial charge in [0.15, 0.2) is 0 Å². The van der Waals surface area contributed by atoms with Gasteiger partial charge in [-0.2, -0.15) is 0 Å². The zero-order valence-corrected chi connectivity index (χ0v) is 9.18. The molecule has 3 nitrogen and oxygen atoms in total. The molecule has 72 valence electrons. The summed E-state index contributed by atoms with van der Waals surface area (Å²) in [6.45, 7) is 9.45. The average Bonchev–Trinajstić information content (AvgIpc) is 1.82. The molecule has 1 fully saturated rings. The van der Waals surface area contributed by atoms with Crippen LogP contribution in [-0.2, 0) is 4.79 Å². The molecule has 0 saturated carbocycles. The summed E-state index contributed by atoms with van der Waals surface area (Å²) in [6.07, 6.45) is 1.14. The predicted octanol–water partition coefficient (Wildman–Crippen LogP) is 0.0150. The zero-order chi connectivity index (χ0) is 9.19. The first-order valence-electron chi connectivity index (χ1n) is 4.46. The van der Waals surface area contributed by atoms with E-state index in [-0.39, 0.29) is 5.91 Å². The standard InChI is InChI=1S/C8H19N2OP/c1-12(2,3)7-10-5-4-9-8(11)6-10/h12H,4-7H2,1-3H3,(H,9,11). The molecule has 0 unspecified atom stereocenters. The monoisotopic (exact) mass is 190 g/mol. The molecule has 0 spiro atoms. The van der Waals surface area contributed by atoms with Crippen LogP contribution in [0.1, 0.15) is 0 Å². The van der Waals surface area contributed by atoms with E-state index >= 15 is 0 Å². The maximum absolute atomic E-state index is 11.0. The summed E-state index contributed by atoms with van der Waals surface area (Å²) in [5, 5.41) is 2.83. The number of amides is 1. The molecule has 0 bridgehead atoms. The van der Waals surface area contributed by atoms with Crippen LogP contribution in [0.5, 0.6) is 0 Å². The summed E-state index contributed by atoms with van der Waals surface area (Å²) in [5.41, 5.74) is 0. The Morgan fingerprint density at radius 1 is 1.50 bits per heavy atom. The first-order chi connectivity index (χ1) is 5.47. The maximum atomic E-state index is 11.0. The van der Waals surface area contributed by atoms with E-state index < -0.39 is 7.26 Å². The second kappa shape index (κ2) is 3.71. The van der Waals surface area contributed by atoms with Gasteiger partial charge in [-0.15, -0.1) is 0 Å². The van der Waals surface area contributed by atoms with Crippen molar-refractivity contribution in [3.05, 3.63) is 0 Å². The van der Waals surface area contributed by atoms with Crippen LogP contribution in [0.4, 0.5) is 0 Å². The van der Waals surface area contributed by atoms with Crippen LogP contribution in [0.25, 0.3) is 0 Å². The van der Waals surface area contributed by atoms with Gasteiger partial charge in [0, 0.05) is 0 Å². The van der Waals surface area contributed by atoms with E-state index in [0.29, 0.717) is 6.54 Å². The van der Waals surface area contributed by atoms with Crippen LogP contribution >= 0.6 is 7.26 Å². The van der Waals surface area contributed by atoms with Crippen LogP contribution in [0, 0.1) is 0 Å². The number of hydrogen-bond donors (Lipinski definition) is 1. The fourth-order valence-electron chi connectivity index (χ4n) is 1.50. The van der Waals surface area contributed by atoms with Crippen molar-refractivity contribution in [2.45, 2.75) is 0 Å². The number of carbonyl (C=O) groups excluding carboxylic acids is 1. The van der Waals surface area contributed by atoms with Crippen molar-refractivity contribution in [3.8, 4) is 0 Å². The molecule has 1 saturated heterocycles. The number of nitrogens with one attached hydrogen (secondary N) is 1. The summed E-state index contributed by atoms with van der Waals surface area (Å²) < 4.78 is 0. The molecule has 4 heteroatoms. The number of nitrogens with zero attached hydrogens (tertiary/aromatic N) is 1. The van der Waals surface area contributed by atoms with Gasteiger partial charge in [-0.1, -0.05) is 0 Å². The normalized spacial score (nSPS) is 22.1. The number of hydrogen-bond acceptors (Lipinski definition) is 2. The Balaban J connectivity index is 2.37. The Morgan fingerprint density at radius 2 is 2.17 bits per heavy atom. The van der Waals surface area contributed by atoms with Gasteiger partial charge < -0.3 is 0 Å². The second-order valence-corrected chi connectivity index (χ2v) is 10.1. The van der Waals surface area contributed by atoms with E-state index in [4.69, 9.17) is 0 Å². The van der Waals surface area contributed by atoms with Crippen molar-refractivity contribution in [2.75, 3.05) is 45.9 Å². The molecule has 1 rings (SSSR count). The van der Waals surface area contributed by atoms with Gasteiger partial charge in [0.05, 0.1) is 0 Å². The number of carbonyl (C=O) groups is 1.